The number of amidine groups is 1. The molecule has 0 fully saturated rings. The van der Waals surface area contributed by atoms with Crippen molar-refractivity contribution >= 4 is 11.7 Å². The first-order valence-corrected chi connectivity index (χ1v) is 6.45. The molecule has 1 unspecified atom stereocenters. The average Bonchev–Trinajstić information content (AvgIpc) is 2.45. The molecule has 0 saturated heterocycles. The van der Waals surface area contributed by atoms with Gasteiger partial charge in [-0.25, -0.2) is 0 Å². The zero-order chi connectivity index (χ0) is 14.1. The Morgan fingerprint density at radius 2 is 2.11 bits per heavy atom. The molecule has 0 bridgehead atoms. The Hall–Kier alpha value is -2.04. The molecule has 0 saturated carbocycles. The lowest BCUT2D eigenvalue weighted by Gasteiger charge is -2.14. The van der Waals surface area contributed by atoms with Crippen LogP contribution in [0.25, 0.3) is 0 Å². The molecule has 0 heterocycles. The number of oxime groups is 1. The molecule has 0 aliphatic rings. The highest BCUT2D eigenvalue weighted by Crippen LogP contribution is 2.11. The Morgan fingerprint density at radius 1 is 1.42 bits per heavy atom. The number of nitrogens with one attached hydrogen (secondary N) is 1. The summed E-state index contributed by atoms with van der Waals surface area (Å²) < 4.78 is 0. The van der Waals surface area contributed by atoms with Crippen LogP contribution in [0.4, 0.5) is 0 Å². The van der Waals surface area contributed by atoms with E-state index in [1.54, 1.807) is 0 Å². The van der Waals surface area contributed by atoms with E-state index in [0.717, 1.165) is 18.4 Å². The number of rotatable bonds is 7. The lowest BCUT2D eigenvalue weighted by molar-refractivity contribution is -0.121. The SMILES string of the molecule is CCCC(CC(=O)NCc1ccccc1)C(N)=NO. The number of carbonyl (C=O) groups is 1. The Kier molecular flexibility index (Phi) is 6.43. The summed E-state index contributed by atoms with van der Waals surface area (Å²) >= 11 is 0. The van der Waals surface area contributed by atoms with Gasteiger partial charge in [-0.2, -0.15) is 0 Å². The minimum Gasteiger partial charge on any atom is -0.409 e. The molecule has 4 N–H and O–H groups in total. The topological polar surface area (TPSA) is 87.7 Å². The molecule has 19 heavy (non-hydrogen) atoms. The molecule has 0 radical (unpaired) electrons. The summed E-state index contributed by atoms with van der Waals surface area (Å²) in [6, 6.07) is 9.69. The van der Waals surface area contributed by atoms with E-state index in [9.17, 15) is 4.79 Å². The van der Waals surface area contributed by atoms with Gasteiger partial charge in [0.2, 0.25) is 5.91 Å². The third kappa shape index (κ3) is 5.42. The second kappa shape index (κ2) is 8.13. The van der Waals surface area contributed by atoms with Crippen molar-refractivity contribution in [2.45, 2.75) is 32.7 Å². The molecule has 5 nitrogen and oxygen atoms in total. The lowest BCUT2D eigenvalue weighted by Crippen LogP contribution is -2.31. The molecular formula is C14H21N3O2. The summed E-state index contributed by atoms with van der Waals surface area (Å²) in [4.78, 5) is 11.8. The normalized spacial score (nSPS) is 13.0. The Labute approximate surface area is 113 Å². The van der Waals surface area contributed by atoms with E-state index in [4.69, 9.17) is 10.9 Å². The van der Waals surface area contributed by atoms with Gasteiger partial charge in [-0.05, 0) is 12.0 Å². The first kappa shape index (κ1) is 15.0. The molecule has 104 valence electrons. The highest BCUT2D eigenvalue weighted by molar-refractivity contribution is 5.87. The maximum absolute atomic E-state index is 11.8. The molecule has 1 aromatic rings. The second-order valence-electron chi connectivity index (χ2n) is 4.48. The van der Waals surface area contributed by atoms with Gasteiger partial charge < -0.3 is 16.3 Å². The van der Waals surface area contributed by atoms with Gasteiger partial charge >= 0.3 is 0 Å². The summed E-state index contributed by atoms with van der Waals surface area (Å²) in [5, 5.41) is 14.5. The van der Waals surface area contributed by atoms with Crippen molar-refractivity contribution in [3.8, 4) is 0 Å². The van der Waals surface area contributed by atoms with Crippen LogP contribution < -0.4 is 11.1 Å². The molecule has 1 amide bonds. The zero-order valence-electron chi connectivity index (χ0n) is 11.2. The number of amides is 1. The number of benzene rings is 1. The van der Waals surface area contributed by atoms with Gasteiger partial charge in [-0.15, -0.1) is 0 Å². The minimum atomic E-state index is -0.203. The van der Waals surface area contributed by atoms with Crippen molar-refractivity contribution in [2.75, 3.05) is 0 Å². The van der Waals surface area contributed by atoms with Crippen LogP contribution in [0, 0.1) is 5.92 Å². The molecular weight excluding hydrogens is 242 g/mol. The van der Waals surface area contributed by atoms with Crippen molar-refractivity contribution in [1.29, 1.82) is 0 Å². The molecule has 1 rings (SSSR count). The highest BCUT2D eigenvalue weighted by atomic mass is 16.4. The predicted octanol–water partition coefficient (Wildman–Crippen LogP) is 1.86. The quantitative estimate of drug-likeness (QED) is 0.303. The van der Waals surface area contributed by atoms with E-state index in [1.165, 1.54) is 0 Å². The third-order valence-corrected chi connectivity index (χ3v) is 2.94. The molecule has 1 aromatic carbocycles. The minimum absolute atomic E-state index is 0.0890. The summed E-state index contributed by atoms with van der Waals surface area (Å²) in [6.07, 6.45) is 1.86. The van der Waals surface area contributed by atoms with Gasteiger partial charge in [0.25, 0.3) is 0 Å². The monoisotopic (exact) mass is 263 g/mol. The van der Waals surface area contributed by atoms with Crippen molar-refractivity contribution in [1.82, 2.24) is 5.32 Å². The maximum Gasteiger partial charge on any atom is 0.220 e. The van der Waals surface area contributed by atoms with Crippen molar-refractivity contribution in [3.63, 3.8) is 0 Å². The van der Waals surface area contributed by atoms with Crippen molar-refractivity contribution in [3.05, 3.63) is 35.9 Å². The molecule has 0 aliphatic carbocycles. The third-order valence-electron chi connectivity index (χ3n) is 2.94. The average molecular weight is 263 g/mol. The van der Waals surface area contributed by atoms with Gasteiger partial charge in [0.15, 0.2) is 0 Å². The highest BCUT2D eigenvalue weighted by Gasteiger charge is 2.17. The van der Waals surface area contributed by atoms with Gasteiger partial charge in [0.1, 0.15) is 5.84 Å². The first-order chi connectivity index (χ1) is 9.17. The summed E-state index contributed by atoms with van der Waals surface area (Å²) in [7, 11) is 0. The predicted molar refractivity (Wildman–Crippen MR) is 74.7 cm³/mol. The fourth-order valence-electron chi connectivity index (χ4n) is 1.88. The molecule has 5 heteroatoms. The summed E-state index contributed by atoms with van der Waals surface area (Å²) in [5.74, 6) is -0.170. The van der Waals surface area contributed by atoms with Crippen LogP contribution in [0.5, 0.6) is 0 Å². The summed E-state index contributed by atoms with van der Waals surface area (Å²) in [5.41, 5.74) is 6.63. The smallest absolute Gasteiger partial charge is 0.220 e. The standard InChI is InChI=1S/C14H21N3O2/c1-2-6-12(14(15)17-19)9-13(18)16-10-11-7-4-3-5-8-11/h3-5,7-8,12,19H,2,6,9-10H2,1H3,(H2,15,17)(H,16,18). The maximum atomic E-state index is 11.8. The van der Waals surface area contributed by atoms with E-state index in [1.807, 2.05) is 37.3 Å². The molecule has 1 atom stereocenters. The first-order valence-electron chi connectivity index (χ1n) is 6.45. The summed E-state index contributed by atoms with van der Waals surface area (Å²) in [6.45, 7) is 2.49. The fraction of sp³-hybridized carbons (Fsp3) is 0.429. The van der Waals surface area contributed by atoms with Crippen LogP contribution in [0.1, 0.15) is 31.7 Å². The van der Waals surface area contributed by atoms with Crippen LogP contribution in [-0.2, 0) is 11.3 Å². The Morgan fingerprint density at radius 3 is 2.68 bits per heavy atom. The molecule has 0 spiro atoms. The number of nitrogens with two attached hydrogens (primary N) is 1. The molecule has 0 aromatic heterocycles. The van der Waals surface area contributed by atoms with E-state index >= 15 is 0 Å². The Bertz CT molecular complexity index is 418. The molecule has 0 aliphatic heterocycles. The fourth-order valence-corrected chi connectivity index (χ4v) is 1.88. The Balaban J connectivity index is 2.45. The van der Waals surface area contributed by atoms with Gasteiger partial charge in [-0.3, -0.25) is 4.79 Å². The van der Waals surface area contributed by atoms with Gasteiger partial charge in [0.05, 0.1) is 0 Å². The number of nitrogens with zero attached hydrogens (tertiary/aromatic N) is 1. The van der Waals surface area contributed by atoms with Crippen molar-refractivity contribution in [2.24, 2.45) is 16.8 Å². The van der Waals surface area contributed by atoms with E-state index in [-0.39, 0.29) is 24.1 Å². The van der Waals surface area contributed by atoms with Crippen molar-refractivity contribution < 1.29 is 10.0 Å². The zero-order valence-corrected chi connectivity index (χ0v) is 11.2. The lowest BCUT2D eigenvalue weighted by atomic mass is 9.98. The number of carbonyl (C=O) groups excluding carboxylic acids is 1. The van der Waals surface area contributed by atoms with Gasteiger partial charge in [-0.1, -0.05) is 48.8 Å². The van der Waals surface area contributed by atoms with Crippen LogP contribution >= 0.6 is 0 Å². The van der Waals surface area contributed by atoms with Crippen LogP contribution in [0.15, 0.2) is 35.5 Å². The van der Waals surface area contributed by atoms with Crippen LogP contribution in [0.3, 0.4) is 0 Å². The van der Waals surface area contributed by atoms with E-state index in [0.29, 0.717) is 6.54 Å². The van der Waals surface area contributed by atoms with Crippen LogP contribution in [0.2, 0.25) is 0 Å². The van der Waals surface area contributed by atoms with E-state index in [2.05, 4.69) is 10.5 Å². The van der Waals surface area contributed by atoms with Crippen LogP contribution in [-0.4, -0.2) is 17.0 Å². The van der Waals surface area contributed by atoms with E-state index < -0.39 is 0 Å². The second-order valence-corrected chi connectivity index (χ2v) is 4.48. The largest absolute Gasteiger partial charge is 0.409 e. The number of hydrogen-bond donors (Lipinski definition) is 3. The number of hydrogen-bond acceptors (Lipinski definition) is 3. The van der Waals surface area contributed by atoms with Gasteiger partial charge in [0, 0.05) is 18.9 Å².